The molecule has 0 saturated heterocycles. The second-order valence-electron chi connectivity index (χ2n) is 6.64. The fourth-order valence-electron chi connectivity index (χ4n) is 3.24. The highest BCUT2D eigenvalue weighted by Crippen LogP contribution is 2.17. The van der Waals surface area contributed by atoms with Gasteiger partial charge < -0.3 is 9.88 Å². The number of aryl methyl sites for hydroxylation is 1. The summed E-state index contributed by atoms with van der Waals surface area (Å²) >= 11 is 0. The molecule has 2 aromatic carbocycles. The van der Waals surface area contributed by atoms with Crippen LogP contribution in [0.4, 0.5) is 0 Å². The van der Waals surface area contributed by atoms with Crippen LogP contribution in [0.25, 0.3) is 11.0 Å². The molecule has 0 spiro atoms. The molecular weight excluding hydrogens is 322 g/mol. The summed E-state index contributed by atoms with van der Waals surface area (Å²) in [6, 6.07) is 18.1. The lowest BCUT2D eigenvalue weighted by Gasteiger charge is -2.10. The average Bonchev–Trinajstić information content (AvgIpc) is 3.00. The van der Waals surface area contributed by atoms with Crippen molar-refractivity contribution in [2.45, 2.75) is 45.6 Å². The van der Waals surface area contributed by atoms with Crippen molar-refractivity contribution in [3.05, 3.63) is 66.0 Å². The molecule has 0 aliphatic carbocycles. The summed E-state index contributed by atoms with van der Waals surface area (Å²) < 4.78 is 2.31. The molecule has 0 aliphatic heterocycles. The first-order valence-corrected chi connectivity index (χ1v) is 9.52. The Morgan fingerprint density at radius 1 is 1.04 bits per heavy atom. The number of hydrogen-bond donors (Lipinski definition) is 1. The highest BCUT2D eigenvalue weighted by Gasteiger charge is 2.10. The minimum Gasteiger partial charge on any atom is -0.355 e. The minimum absolute atomic E-state index is 0.0600. The van der Waals surface area contributed by atoms with Gasteiger partial charge in [-0.1, -0.05) is 62.2 Å². The zero-order chi connectivity index (χ0) is 18.2. The Morgan fingerprint density at radius 2 is 1.81 bits per heavy atom. The summed E-state index contributed by atoms with van der Waals surface area (Å²) in [5.74, 6) is 1.12. The lowest BCUT2D eigenvalue weighted by molar-refractivity contribution is -0.120. The van der Waals surface area contributed by atoms with Gasteiger partial charge in [-0.05, 0) is 24.1 Å². The lowest BCUT2D eigenvalue weighted by atomic mass is 10.1. The molecule has 1 N–H and O–H groups in total. The Hall–Kier alpha value is -2.62. The molecule has 1 heterocycles. The van der Waals surface area contributed by atoms with Gasteiger partial charge in [0.15, 0.2) is 0 Å². The fraction of sp³-hybridized carbons (Fsp3) is 0.364. The van der Waals surface area contributed by atoms with E-state index in [0.29, 0.717) is 13.0 Å². The van der Waals surface area contributed by atoms with Gasteiger partial charge in [0.25, 0.3) is 0 Å². The number of carbonyl (C=O) groups excluding carboxylic acids is 1. The standard InChI is InChI=1S/C22H27N3O/c1-2-3-9-16-25-20-13-8-7-12-19(20)24-21(25)14-15-23-22(26)17-18-10-5-4-6-11-18/h4-8,10-13H,2-3,9,14-17H2,1H3,(H,23,26). The van der Waals surface area contributed by atoms with Crippen LogP contribution < -0.4 is 5.32 Å². The molecule has 4 heteroatoms. The zero-order valence-corrected chi connectivity index (χ0v) is 15.4. The van der Waals surface area contributed by atoms with E-state index >= 15 is 0 Å². The van der Waals surface area contributed by atoms with Crippen LogP contribution in [0.5, 0.6) is 0 Å². The molecule has 4 nitrogen and oxygen atoms in total. The number of aromatic nitrogens is 2. The number of para-hydroxylation sites is 2. The fourth-order valence-corrected chi connectivity index (χ4v) is 3.24. The molecule has 0 bridgehead atoms. The third kappa shape index (κ3) is 4.72. The minimum atomic E-state index is 0.0600. The van der Waals surface area contributed by atoms with E-state index in [0.717, 1.165) is 36.3 Å². The van der Waals surface area contributed by atoms with Crippen molar-refractivity contribution >= 4 is 16.9 Å². The van der Waals surface area contributed by atoms with Gasteiger partial charge in [0, 0.05) is 19.5 Å². The Balaban J connectivity index is 1.60. The van der Waals surface area contributed by atoms with E-state index in [-0.39, 0.29) is 5.91 Å². The number of benzene rings is 2. The molecular formula is C22H27N3O. The molecule has 0 fully saturated rings. The maximum atomic E-state index is 12.1. The number of fused-ring (bicyclic) bond motifs is 1. The van der Waals surface area contributed by atoms with Crippen LogP contribution in [0.3, 0.4) is 0 Å². The van der Waals surface area contributed by atoms with Gasteiger partial charge >= 0.3 is 0 Å². The normalized spacial score (nSPS) is 11.0. The van der Waals surface area contributed by atoms with Gasteiger partial charge in [-0.15, -0.1) is 0 Å². The first-order valence-electron chi connectivity index (χ1n) is 9.52. The van der Waals surface area contributed by atoms with E-state index in [1.54, 1.807) is 0 Å². The second-order valence-corrected chi connectivity index (χ2v) is 6.64. The van der Waals surface area contributed by atoms with E-state index in [1.807, 2.05) is 36.4 Å². The van der Waals surface area contributed by atoms with Crippen LogP contribution in [0.15, 0.2) is 54.6 Å². The molecule has 0 aliphatic rings. The molecule has 26 heavy (non-hydrogen) atoms. The summed E-state index contributed by atoms with van der Waals surface area (Å²) in [6.45, 7) is 3.82. The van der Waals surface area contributed by atoms with Crippen molar-refractivity contribution < 1.29 is 4.79 Å². The summed E-state index contributed by atoms with van der Waals surface area (Å²) in [6.07, 6.45) is 4.76. The van der Waals surface area contributed by atoms with Gasteiger partial charge in [-0.2, -0.15) is 0 Å². The predicted molar refractivity (Wildman–Crippen MR) is 106 cm³/mol. The van der Waals surface area contributed by atoms with Gasteiger partial charge in [-0.25, -0.2) is 4.98 Å². The number of nitrogens with zero attached hydrogens (tertiary/aromatic N) is 2. The summed E-state index contributed by atoms with van der Waals surface area (Å²) in [5.41, 5.74) is 3.26. The molecule has 0 saturated carbocycles. The van der Waals surface area contributed by atoms with Crippen LogP contribution in [0.2, 0.25) is 0 Å². The maximum Gasteiger partial charge on any atom is 0.224 e. The average molecular weight is 349 g/mol. The van der Waals surface area contributed by atoms with Crippen molar-refractivity contribution in [1.82, 2.24) is 14.9 Å². The Labute approximate surface area is 155 Å². The van der Waals surface area contributed by atoms with Crippen LogP contribution in [-0.2, 0) is 24.2 Å². The third-order valence-corrected chi connectivity index (χ3v) is 4.60. The first kappa shape index (κ1) is 18.2. The Morgan fingerprint density at radius 3 is 2.62 bits per heavy atom. The highest BCUT2D eigenvalue weighted by atomic mass is 16.1. The molecule has 3 aromatic rings. The smallest absolute Gasteiger partial charge is 0.224 e. The van der Waals surface area contributed by atoms with Gasteiger partial charge in [-0.3, -0.25) is 4.79 Å². The number of hydrogen-bond acceptors (Lipinski definition) is 2. The number of imidazole rings is 1. The van der Waals surface area contributed by atoms with Crippen molar-refractivity contribution in [2.24, 2.45) is 0 Å². The third-order valence-electron chi connectivity index (χ3n) is 4.60. The monoisotopic (exact) mass is 349 g/mol. The molecule has 136 valence electrons. The van der Waals surface area contributed by atoms with Crippen molar-refractivity contribution in [3.8, 4) is 0 Å². The largest absolute Gasteiger partial charge is 0.355 e. The molecule has 0 radical (unpaired) electrons. The van der Waals surface area contributed by atoms with Gasteiger partial charge in [0.1, 0.15) is 5.82 Å². The van der Waals surface area contributed by atoms with Crippen molar-refractivity contribution in [1.29, 1.82) is 0 Å². The van der Waals surface area contributed by atoms with Crippen LogP contribution in [0, 0.1) is 0 Å². The summed E-state index contributed by atoms with van der Waals surface area (Å²) in [5, 5.41) is 3.03. The van der Waals surface area contributed by atoms with Crippen LogP contribution in [0.1, 0.15) is 37.6 Å². The first-order chi connectivity index (χ1) is 12.8. The number of rotatable bonds is 9. The van der Waals surface area contributed by atoms with E-state index < -0.39 is 0 Å². The second kappa shape index (κ2) is 9.18. The molecule has 1 amide bonds. The quantitative estimate of drug-likeness (QED) is 0.591. The Bertz CT molecular complexity index is 839. The van der Waals surface area contributed by atoms with Crippen LogP contribution in [-0.4, -0.2) is 22.0 Å². The molecule has 3 rings (SSSR count). The number of nitrogens with one attached hydrogen (secondary N) is 1. The number of unbranched alkanes of at least 4 members (excludes halogenated alkanes) is 2. The topological polar surface area (TPSA) is 46.9 Å². The van der Waals surface area contributed by atoms with E-state index in [1.165, 1.54) is 18.4 Å². The van der Waals surface area contributed by atoms with Gasteiger partial charge in [0.2, 0.25) is 5.91 Å². The highest BCUT2D eigenvalue weighted by molar-refractivity contribution is 5.78. The summed E-state index contributed by atoms with van der Waals surface area (Å²) in [7, 11) is 0. The molecule has 1 aromatic heterocycles. The number of amides is 1. The van der Waals surface area contributed by atoms with Gasteiger partial charge in [0.05, 0.1) is 17.5 Å². The number of carbonyl (C=O) groups is 1. The summed E-state index contributed by atoms with van der Waals surface area (Å²) in [4.78, 5) is 16.9. The van der Waals surface area contributed by atoms with Crippen LogP contribution >= 0.6 is 0 Å². The Kier molecular flexibility index (Phi) is 6.42. The van der Waals surface area contributed by atoms with Crippen molar-refractivity contribution in [3.63, 3.8) is 0 Å². The maximum absolute atomic E-state index is 12.1. The van der Waals surface area contributed by atoms with E-state index in [2.05, 4.69) is 35.0 Å². The van der Waals surface area contributed by atoms with E-state index in [9.17, 15) is 4.79 Å². The molecule has 0 unspecified atom stereocenters. The molecule has 0 atom stereocenters. The lowest BCUT2D eigenvalue weighted by Crippen LogP contribution is -2.28. The SMILES string of the molecule is CCCCCn1c(CCNC(=O)Cc2ccccc2)nc2ccccc21. The zero-order valence-electron chi connectivity index (χ0n) is 15.4. The predicted octanol–water partition coefficient (Wildman–Crippen LogP) is 4.13. The van der Waals surface area contributed by atoms with E-state index in [4.69, 9.17) is 4.98 Å². The van der Waals surface area contributed by atoms with Crippen molar-refractivity contribution in [2.75, 3.05) is 6.54 Å².